The zero-order valence-corrected chi connectivity index (χ0v) is 13.0. The van der Waals surface area contributed by atoms with Crippen molar-refractivity contribution in [3.8, 4) is 0 Å². The van der Waals surface area contributed by atoms with Crippen LogP contribution in [0.5, 0.6) is 0 Å². The van der Waals surface area contributed by atoms with Crippen LogP contribution in [0.3, 0.4) is 0 Å². The van der Waals surface area contributed by atoms with Crippen molar-refractivity contribution in [1.82, 2.24) is 0 Å². The third kappa shape index (κ3) is 6.40. The number of benzene rings is 1. The minimum Gasteiger partial charge on any atom is -0.445 e. The molecule has 1 aromatic carbocycles. The van der Waals surface area contributed by atoms with Gasteiger partial charge in [0, 0.05) is 0 Å². The number of unbranched alkanes of at least 4 members (excludes halogenated alkanes) is 2. The minimum atomic E-state index is -3.69. The minimum absolute atomic E-state index is 0.0195. The molecule has 0 aliphatic carbocycles. The quantitative estimate of drug-likeness (QED) is 0.526. The normalized spacial score (nSPS) is 12.8. The number of carbonyl (C=O) groups is 1. The Morgan fingerprint density at radius 1 is 1.18 bits per heavy atom. The molecule has 0 aliphatic rings. The molecule has 0 aliphatic heterocycles. The third-order valence-electron chi connectivity index (χ3n) is 3.09. The third-order valence-corrected chi connectivity index (χ3v) is 4.89. The van der Waals surface area contributed by atoms with E-state index >= 15 is 0 Å². The maximum atomic E-state index is 12.9. The molecule has 1 rings (SSSR count). The molecule has 0 spiro atoms. The van der Waals surface area contributed by atoms with Gasteiger partial charge in [-0.05, 0) is 50.1 Å². The van der Waals surface area contributed by atoms with Gasteiger partial charge in [0.25, 0.3) is 0 Å². The largest absolute Gasteiger partial charge is 0.445 e. The van der Waals surface area contributed by atoms with Gasteiger partial charge in [-0.25, -0.2) is 17.6 Å². The molecule has 1 amide bonds. The summed E-state index contributed by atoms with van der Waals surface area (Å²) in [5.41, 5.74) is 10.4. The Kier molecular flexibility index (Phi) is 7.26. The number of amides is 1. The van der Waals surface area contributed by atoms with Crippen LogP contribution in [0.25, 0.3) is 0 Å². The van der Waals surface area contributed by atoms with E-state index in [-0.39, 0.29) is 10.6 Å². The van der Waals surface area contributed by atoms with Gasteiger partial charge in [0.15, 0.2) is 9.84 Å². The van der Waals surface area contributed by atoms with Crippen molar-refractivity contribution >= 4 is 15.9 Å². The van der Waals surface area contributed by atoms with E-state index in [1.807, 2.05) is 0 Å². The first-order chi connectivity index (χ1) is 10.3. The first-order valence-electron chi connectivity index (χ1n) is 6.99. The average molecular weight is 332 g/mol. The van der Waals surface area contributed by atoms with Crippen LogP contribution in [0.15, 0.2) is 29.2 Å². The molecule has 22 heavy (non-hydrogen) atoms. The van der Waals surface area contributed by atoms with Gasteiger partial charge >= 0.3 is 6.09 Å². The lowest BCUT2D eigenvalue weighted by atomic mass is 10.1. The second kappa shape index (κ2) is 8.70. The van der Waals surface area contributed by atoms with Crippen LogP contribution in [-0.2, 0) is 14.6 Å². The highest BCUT2D eigenvalue weighted by atomic mass is 32.2. The van der Waals surface area contributed by atoms with E-state index in [0.29, 0.717) is 19.4 Å². The van der Waals surface area contributed by atoms with Gasteiger partial charge in [-0.15, -0.1) is 0 Å². The summed E-state index contributed by atoms with van der Waals surface area (Å²) < 4.78 is 42.2. The fourth-order valence-corrected chi connectivity index (χ4v) is 3.48. The van der Waals surface area contributed by atoms with E-state index in [2.05, 4.69) is 0 Å². The van der Waals surface area contributed by atoms with Gasteiger partial charge < -0.3 is 16.2 Å². The van der Waals surface area contributed by atoms with Gasteiger partial charge in [0.1, 0.15) is 11.9 Å². The smallest absolute Gasteiger partial charge is 0.404 e. The summed E-state index contributed by atoms with van der Waals surface area (Å²) in [5.74, 6) is -0.907. The number of primary amides is 1. The molecule has 0 saturated heterocycles. The Labute approximate surface area is 129 Å². The zero-order chi connectivity index (χ0) is 16.6. The lowest BCUT2D eigenvalue weighted by molar-refractivity contribution is 0.111. The van der Waals surface area contributed by atoms with Crippen LogP contribution < -0.4 is 11.5 Å². The Hall–Kier alpha value is -1.67. The Balaban J connectivity index is 2.73. The van der Waals surface area contributed by atoms with Crippen molar-refractivity contribution < 1.29 is 22.3 Å². The molecule has 1 atom stereocenters. The molecule has 0 fully saturated rings. The Morgan fingerprint density at radius 2 is 1.82 bits per heavy atom. The molecular formula is C14H21FN2O4S. The predicted molar refractivity (Wildman–Crippen MR) is 80.4 cm³/mol. The highest BCUT2D eigenvalue weighted by molar-refractivity contribution is 7.91. The molecular weight excluding hydrogens is 311 g/mol. The van der Waals surface area contributed by atoms with E-state index in [4.69, 9.17) is 16.2 Å². The van der Waals surface area contributed by atoms with Crippen molar-refractivity contribution in [3.05, 3.63) is 30.1 Å². The number of sulfone groups is 1. The zero-order valence-electron chi connectivity index (χ0n) is 12.2. The maximum absolute atomic E-state index is 12.9. The van der Waals surface area contributed by atoms with Crippen molar-refractivity contribution in [2.24, 2.45) is 11.5 Å². The molecule has 1 unspecified atom stereocenters. The van der Waals surface area contributed by atoms with Crippen LogP contribution in [0.2, 0.25) is 0 Å². The highest BCUT2D eigenvalue weighted by Gasteiger charge is 2.23. The first-order valence-corrected chi connectivity index (χ1v) is 8.65. The number of ether oxygens (including phenoxy) is 1. The topological polar surface area (TPSA) is 112 Å². The van der Waals surface area contributed by atoms with Crippen LogP contribution in [-0.4, -0.2) is 32.9 Å². The molecule has 6 nitrogen and oxygen atoms in total. The molecule has 4 N–H and O–H groups in total. The van der Waals surface area contributed by atoms with Crippen LogP contribution in [0, 0.1) is 5.82 Å². The number of halogens is 1. The van der Waals surface area contributed by atoms with E-state index in [9.17, 15) is 17.6 Å². The maximum Gasteiger partial charge on any atom is 0.404 e. The summed E-state index contributed by atoms with van der Waals surface area (Å²) in [7, 11) is -3.69. The second-order valence-electron chi connectivity index (χ2n) is 4.93. The Bertz CT molecular complexity index is 575. The van der Waals surface area contributed by atoms with E-state index < -0.39 is 27.9 Å². The van der Waals surface area contributed by atoms with Crippen LogP contribution in [0.1, 0.15) is 25.7 Å². The monoisotopic (exact) mass is 332 g/mol. The fourth-order valence-electron chi connectivity index (χ4n) is 2.02. The summed E-state index contributed by atoms with van der Waals surface area (Å²) in [4.78, 5) is 10.9. The predicted octanol–water partition coefficient (Wildman–Crippen LogP) is 1.58. The summed E-state index contributed by atoms with van der Waals surface area (Å²) in [6, 6.07) is 4.50. The number of rotatable bonds is 9. The number of nitrogens with two attached hydrogens (primary N) is 2. The molecule has 0 aromatic heterocycles. The molecule has 124 valence electrons. The van der Waals surface area contributed by atoms with Crippen molar-refractivity contribution in [2.45, 2.75) is 36.7 Å². The number of hydrogen-bond donors (Lipinski definition) is 2. The SMILES string of the molecule is NCCCCCC(CS(=O)(=O)c1ccc(F)cc1)OC(N)=O. The van der Waals surface area contributed by atoms with E-state index in [0.717, 1.165) is 25.0 Å². The lowest BCUT2D eigenvalue weighted by Gasteiger charge is -2.16. The van der Waals surface area contributed by atoms with Gasteiger partial charge in [-0.1, -0.05) is 6.42 Å². The van der Waals surface area contributed by atoms with Gasteiger partial charge in [-0.2, -0.15) is 0 Å². The first kappa shape index (κ1) is 18.4. The van der Waals surface area contributed by atoms with Crippen molar-refractivity contribution in [2.75, 3.05) is 12.3 Å². The molecule has 1 aromatic rings. The number of hydrogen-bond acceptors (Lipinski definition) is 5. The van der Waals surface area contributed by atoms with E-state index in [1.54, 1.807) is 0 Å². The molecule has 0 bridgehead atoms. The Morgan fingerprint density at radius 3 is 2.36 bits per heavy atom. The van der Waals surface area contributed by atoms with Crippen molar-refractivity contribution in [3.63, 3.8) is 0 Å². The molecule has 0 heterocycles. The van der Waals surface area contributed by atoms with Crippen molar-refractivity contribution in [1.29, 1.82) is 0 Å². The molecule has 8 heteroatoms. The van der Waals surface area contributed by atoms with Crippen LogP contribution >= 0.6 is 0 Å². The average Bonchev–Trinajstić information content (AvgIpc) is 2.43. The fraction of sp³-hybridized carbons (Fsp3) is 0.500. The standard InChI is InChI=1S/C14H21FN2O4S/c15-11-5-7-13(8-6-11)22(19,20)10-12(21-14(17)18)4-2-1-3-9-16/h5-8,12H,1-4,9-10,16H2,(H2,17,18). The summed E-state index contributed by atoms with van der Waals surface area (Å²) >= 11 is 0. The second-order valence-corrected chi connectivity index (χ2v) is 6.97. The summed E-state index contributed by atoms with van der Waals surface area (Å²) in [6.07, 6.45) is 0.834. The molecule has 0 saturated carbocycles. The highest BCUT2D eigenvalue weighted by Crippen LogP contribution is 2.17. The van der Waals surface area contributed by atoms with Gasteiger partial charge in [0.05, 0.1) is 10.6 Å². The van der Waals surface area contributed by atoms with Gasteiger partial charge in [0.2, 0.25) is 0 Å². The summed E-state index contributed by atoms with van der Waals surface area (Å²) in [5, 5.41) is 0. The van der Waals surface area contributed by atoms with Gasteiger partial charge in [-0.3, -0.25) is 0 Å². The van der Waals surface area contributed by atoms with Crippen LogP contribution in [0.4, 0.5) is 9.18 Å². The summed E-state index contributed by atoms with van der Waals surface area (Å²) in [6.45, 7) is 0.551. The molecule has 0 radical (unpaired) electrons. The lowest BCUT2D eigenvalue weighted by Crippen LogP contribution is -2.29. The van der Waals surface area contributed by atoms with E-state index in [1.165, 1.54) is 12.1 Å². The number of carbonyl (C=O) groups excluding carboxylic acids is 1.